The second-order valence-corrected chi connectivity index (χ2v) is 11.2. The smallest absolute Gasteiger partial charge is 0.407 e. The minimum Gasteiger partial charge on any atom is -0.484 e. The summed E-state index contributed by atoms with van der Waals surface area (Å²) < 4.78 is 10.7. The van der Waals surface area contributed by atoms with Crippen molar-refractivity contribution in [2.24, 2.45) is 10.2 Å². The van der Waals surface area contributed by atoms with Gasteiger partial charge in [-0.05, 0) is 76.4 Å². The third-order valence-corrected chi connectivity index (χ3v) is 6.63. The second-order valence-electron chi connectivity index (χ2n) is 11.2. The Kier molecular flexibility index (Phi) is 10.1. The number of rotatable bonds is 11. The predicted molar refractivity (Wildman–Crippen MR) is 155 cm³/mol. The highest BCUT2D eigenvalue weighted by molar-refractivity contribution is 6.06. The van der Waals surface area contributed by atoms with Crippen LogP contribution in [-0.4, -0.2) is 66.0 Å². The van der Waals surface area contributed by atoms with Crippen molar-refractivity contribution in [2.45, 2.75) is 64.6 Å². The quantitative estimate of drug-likeness (QED) is 0.203. The van der Waals surface area contributed by atoms with Crippen LogP contribution >= 0.6 is 0 Å². The summed E-state index contributed by atoms with van der Waals surface area (Å²) in [5.41, 5.74) is 1.64. The van der Waals surface area contributed by atoms with E-state index in [1.807, 2.05) is 0 Å². The number of benzene rings is 2. The third-order valence-electron chi connectivity index (χ3n) is 6.63. The highest BCUT2D eigenvalue weighted by atomic mass is 16.6. The van der Waals surface area contributed by atoms with E-state index in [1.54, 1.807) is 63.2 Å². The molecule has 1 saturated heterocycles. The largest absolute Gasteiger partial charge is 0.484 e. The van der Waals surface area contributed by atoms with Crippen molar-refractivity contribution in [3.8, 4) is 5.75 Å². The highest BCUT2D eigenvalue weighted by Crippen LogP contribution is 2.34. The molecule has 13 heteroatoms. The van der Waals surface area contributed by atoms with Gasteiger partial charge in [0.1, 0.15) is 17.4 Å². The van der Waals surface area contributed by atoms with Crippen molar-refractivity contribution < 1.29 is 33.4 Å². The molecule has 43 heavy (non-hydrogen) atoms. The lowest BCUT2D eigenvalue weighted by Gasteiger charge is -2.29. The summed E-state index contributed by atoms with van der Waals surface area (Å²) in [7, 11) is 0. The van der Waals surface area contributed by atoms with E-state index in [-0.39, 0.29) is 43.7 Å². The van der Waals surface area contributed by atoms with Crippen molar-refractivity contribution in [3.05, 3.63) is 53.6 Å². The molecular weight excluding hydrogens is 556 g/mol. The molecule has 0 aromatic heterocycles. The monoisotopic (exact) mass is 592 g/mol. The van der Waals surface area contributed by atoms with Gasteiger partial charge < -0.3 is 25.0 Å². The maximum absolute atomic E-state index is 13.0. The first-order chi connectivity index (χ1) is 20.5. The molecule has 0 saturated carbocycles. The lowest BCUT2D eigenvalue weighted by Crippen LogP contribution is -2.52. The summed E-state index contributed by atoms with van der Waals surface area (Å²) in [6, 6.07) is 11.2. The van der Waals surface area contributed by atoms with Crippen molar-refractivity contribution in [2.75, 3.05) is 19.7 Å². The highest BCUT2D eigenvalue weighted by Gasteiger charge is 2.39. The van der Waals surface area contributed by atoms with Crippen molar-refractivity contribution in [1.29, 1.82) is 0 Å². The molecule has 0 aliphatic carbocycles. The van der Waals surface area contributed by atoms with Crippen LogP contribution in [0.1, 0.15) is 62.4 Å². The molecule has 0 bridgehead atoms. The van der Waals surface area contributed by atoms with E-state index < -0.39 is 23.6 Å². The molecule has 228 valence electrons. The number of amides is 5. The molecule has 0 radical (unpaired) electrons. The normalized spacial score (nSPS) is 16.6. The van der Waals surface area contributed by atoms with Crippen molar-refractivity contribution >= 4 is 41.1 Å². The number of imide groups is 1. The topological polar surface area (TPSA) is 168 Å². The molecule has 0 spiro atoms. The molecule has 1 fully saturated rings. The minimum absolute atomic E-state index is 0.148. The summed E-state index contributed by atoms with van der Waals surface area (Å²) in [5, 5.41) is 16.4. The first-order valence-electron chi connectivity index (χ1n) is 14.1. The van der Waals surface area contributed by atoms with Crippen LogP contribution in [0.4, 0.5) is 16.2 Å². The Morgan fingerprint density at radius 1 is 1.00 bits per heavy atom. The van der Waals surface area contributed by atoms with Gasteiger partial charge in [-0.1, -0.05) is 6.07 Å². The summed E-state index contributed by atoms with van der Waals surface area (Å²) in [6.45, 7) is 6.36. The van der Waals surface area contributed by atoms with Crippen LogP contribution in [0.15, 0.2) is 52.7 Å². The molecule has 2 aliphatic heterocycles. The van der Waals surface area contributed by atoms with E-state index in [9.17, 15) is 24.0 Å². The van der Waals surface area contributed by atoms with E-state index in [4.69, 9.17) is 9.47 Å². The number of fused-ring (bicyclic) bond motifs is 1. The van der Waals surface area contributed by atoms with Gasteiger partial charge in [-0.25, -0.2) is 4.79 Å². The number of carbonyl (C=O) groups is 5. The van der Waals surface area contributed by atoms with Crippen molar-refractivity contribution in [1.82, 2.24) is 20.9 Å². The Hall–Kier alpha value is -4.81. The SMILES string of the molecule is CC(C)(C)OC(=O)NCCCCNC(=O)COc1ccc(N=Nc2cccc3c2CN(C2CCC(=O)NC2=O)C3=O)cc1. The number of hydrogen-bond donors (Lipinski definition) is 3. The average molecular weight is 593 g/mol. The number of carbonyl (C=O) groups excluding carboxylic acids is 5. The van der Waals surface area contributed by atoms with Crippen LogP contribution < -0.4 is 20.7 Å². The lowest BCUT2D eigenvalue weighted by atomic mass is 10.0. The molecule has 2 aromatic carbocycles. The van der Waals surface area contributed by atoms with Crippen LogP contribution in [0, 0.1) is 0 Å². The molecule has 2 aromatic rings. The first-order valence-corrected chi connectivity index (χ1v) is 14.1. The third kappa shape index (κ3) is 8.84. The maximum atomic E-state index is 13.0. The number of alkyl carbamates (subject to hydrolysis) is 1. The fourth-order valence-electron chi connectivity index (χ4n) is 4.57. The first kappa shape index (κ1) is 31.1. The zero-order chi connectivity index (χ0) is 31.0. The second kappa shape index (κ2) is 13.9. The van der Waals surface area contributed by atoms with Crippen LogP contribution in [0.3, 0.4) is 0 Å². The van der Waals surface area contributed by atoms with Crippen LogP contribution in [0.2, 0.25) is 0 Å². The molecule has 3 N–H and O–H groups in total. The summed E-state index contributed by atoms with van der Waals surface area (Å²) in [6.07, 6.45) is 1.39. The van der Waals surface area contributed by atoms with Crippen LogP contribution in [0.25, 0.3) is 0 Å². The zero-order valence-electron chi connectivity index (χ0n) is 24.5. The van der Waals surface area contributed by atoms with Gasteiger partial charge in [0.05, 0.1) is 11.4 Å². The summed E-state index contributed by atoms with van der Waals surface area (Å²) >= 11 is 0. The Morgan fingerprint density at radius 3 is 2.42 bits per heavy atom. The fraction of sp³-hybridized carbons (Fsp3) is 0.433. The van der Waals surface area contributed by atoms with Gasteiger partial charge in [-0.3, -0.25) is 24.5 Å². The molecule has 2 aliphatic rings. The molecule has 5 amide bonds. The minimum atomic E-state index is -0.704. The van der Waals surface area contributed by atoms with Gasteiger partial charge in [0, 0.05) is 37.2 Å². The Morgan fingerprint density at radius 2 is 1.72 bits per heavy atom. The van der Waals surface area contributed by atoms with E-state index >= 15 is 0 Å². The average Bonchev–Trinajstić information content (AvgIpc) is 3.28. The van der Waals surface area contributed by atoms with E-state index in [2.05, 4.69) is 26.2 Å². The fourth-order valence-corrected chi connectivity index (χ4v) is 4.57. The molecule has 4 rings (SSSR count). The van der Waals surface area contributed by atoms with E-state index in [1.165, 1.54) is 4.90 Å². The maximum Gasteiger partial charge on any atom is 0.407 e. The number of hydrogen-bond acceptors (Lipinski definition) is 9. The zero-order valence-corrected chi connectivity index (χ0v) is 24.5. The Labute approximate surface area is 249 Å². The summed E-state index contributed by atoms with van der Waals surface area (Å²) in [4.78, 5) is 62.0. The number of azo groups is 1. The molecule has 1 atom stereocenters. The van der Waals surface area contributed by atoms with Gasteiger partial charge in [0.2, 0.25) is 11.8 Å². The van der Waals surface area contributed by atoms with Crippen molar-refractivity contribution in [3.63, 3.8) is 0 Å². The number of nitrogens with one attached hydrogen (secondary N) is 3. The number of piperidine rings is 1. The molecule has 13 nitrogen and oxygen atoms in total. The van der Waals surface area contributed by atoms with Crippen LogP contribution in [0.5, 0.6) is 5.75 Å². The Bertz CT molecular complexity index is 1400. The molecule has 2 heterocycles. The number of unbranched alkanes of at least 4 members (excludes halogenated alkanes) is 1. The van der Waals surface area contributed by atoms with Gasteiger partial charge in [-0.15, -0.1) is 0 Å². The van der Waals surface area contributed by atoms with E-state index in [0.29, 0.717) is 54.2 Å². The molecular formula is C30H36N6O7. The number of ether oxygens (including phenoxy) is 2. The van der Waals surface area contributed by atoms with Gasteiger partial charge in [0.15, 0.2) is 6.61 Å². The standard InChI is InChI=1S/C30H36N6O7/c1-30(2,3)43-29(41)32-16-5-4-15-31-26(38)18-42-20-11-9-19(10-12-20)34-35-23-8-6-7-21-22(23)17-36(28(21)40)24-13-14-25(37)33-27(24)39/h6-12,24H,4-5,13-18H2,1-3H3,(H,31,38)(H,32,41)(H,33,37,39). The Balaban J connectivity index is 1.20. The van der Waals surface area contributed by atoms with Gasteiger partial charge in [-0.2, -0.15) is 10.2 Å². The molecule has 1 unspecified atom stereocenters. The van der Waals surface area contributed by atoms with E-state index in [0.717, 1.165) is 0 Å². The number of nitrogens with zero attached hydrogens (tertiary/aromatic N) is 3. The van der Waals surface area contributed by atoms with Gasteiger partial charge >= 0.3 is 6.09 Å². The predicted octanol–water partition coefficient (Wildman–Crippen LogP) is 3.66. The van der Waals surface area contributed by atoms with Crippen LogP contribution in [-0.2, 0) is 25.7 Å². The van der Waals surface area contributed by atoms with Gasteiger partial charge in [0.25, 0.3) is 11.8 Å². The lowest BCUT2D eigenvalue weighted by molar-refractivity contribution is -0.137. The summed E-state index contributed by atoms with van der Waals surface area (Å²) in [5.74, 6) is -0.852.